The third-order valence-electron chi connectivity index (χ3n) is 4.09. The summed E-state index contributed by atoms with van der Waals surface area (Å²) in [5, 5.41) is 11.9. The van der Waals surface area contributed by atoms with Crippen molar-refractivity contribution in [1.29, 1.82) is 5.26 Å². The Balaban J connectivity index is 1.89. The van der Waals surface area contributed by atoms with Gasteiger partial charge in [0.15, 0.2) is 0 Å². The molecule has 0 radical (unpaired) electrons. The van der Waals surface area contributed by atoms with Crippen LogP contribution in [0.1, 0.15) is 32.3 Å². The molecule has 1 aliphatic rings. The quantitative estimate of drug-likeness (QED) is 0.925. The Bertz CT molecular complexity index is 510. The summed E-state index contributed by atoms with van der Waals surface area (Å²) in [6.07, 6.45) is 2.61. The molecule has 1 aliphatic heterocycles. The highest BCUT2D eigenvalue weighted by Gasteiger charge is 2.24. The molecule has 1 amide bonds. The molecule has 1 atom stereocenters. The smallest absolute Gasteiger partial charge is 0.244 e. The molecule has 112 valence electrons. The molecule has 21 heavy (non-hydrogen) atoms. The van der Waals surface area contributed by atoms with E-state index in [2.05, 4.69) is 18.3 Å². The zero-order valence-electron chi connectivity index (χ0n) is 12.8. The number of anilines is 1. The van der Waals surface area contributed by atoms with Crippen molar-refractivity contribution in [2.24, 2.45) is 5.92 Å². The third-order valence-corrected chi connectivity index (χ3v) is 4.09. The first-order valence-electron chi connectivity index (χ1n) is 7.61. The van der Waals surface area contributed by atoms with Crippen LogP contribution in [0.4, 0.5) is 5.69 Å². The minimum atomic E-state index is -0.222. The topological polar surface area (TPSA) is 56.1 Å². The number of benzene rings is 1. The van der Waals surface area contributed by atoms with Gasteiger partial charge >= 0.3 is 0 Å². The molecule has 1 N–H and O–H groups in total. The van der Waals surface area contributed by atoms with E-state index in [4.69, 9.17) is 5.26 Å². The van der Waals surface area contributed by atoms with Crippen LogP contribution >= 0.6 is 0 Å². The minimum Gasteiger partial charge on any atom is -0.374 e. The highest BCUT2D eigenvalue weighted by molar-refractivity contribution is 5.84. The summed E-state index contributed by atoms with van der Waals surface area (Å²) in [6.45, 7) is 5.89. The van der Waals surface area contributed by atoms with Gasteiger partial charge in [-0.3, -0.25) is 4.79 Å². The Morgan fingerprint density at radius 1 is 1.38 bits per heavy atom. The van der Waals surface area contributed by atoms with Gasteiger partial charge in [0.25, 0.3) is 0 Å². The lowest BCUT2D eigenvalue weighted by Crippen LogP contribution is -2.45. The average Bonchev–Trinajstić information content (AvgIpc) is 2.49. The monoisotopic (exact) mass is 285 g/mol. The van der Waals surface area contributed by atoms with Crippen molar-refractivity contribution < 1.29 is 4.79 Å². The van der Waals surface area contributed by atoms with Crippen LogP contribution in [0, 0.1) is 17.2 Å². The van der Waals surface area contributed by atoms with E-state index in [-0.39, 0.29) is 11.9 Å². The summed E-state index contributed by atoms with van der Waals surface area (Å²) in [5.74, 6) is 0.896. The second-order valence-electron chi connectivity index (χ2n) is 5.91. The number of nitrogens with zero attached hydrogens (tertiary/aromatic N) is 2. The Morgan fingerprint density at radius 3 is 2.57 bits per heavy atom. The van der Waals surface area contributed by atoms with E-state index in [9.17, 15) is 4.79 Å². The van der Waals surface area contributed by atoms with E-state index >= 15 is 0 Å². The first-order chi connectivity index (χ1) is 10.1. The highest BCUT2D eigenvalue weighted by Crippen LogP contribution is 2.18. The number of hydrogen-bond donors (Lipinski definition) is 1. The molecule has 1 aromatic carbocycles. The molecule has 1 aromatic rings. The molecule has 0 aromatic heterocycles. The zero-order valence-corrected chi connectivity index (χ0v) is 12.8. The van der Waals surface area contributed by atoms with Crippen LogP contribution in [0.25, 0.3) is 0 Å². The Hall–Kier alpha value is -2.02. The first kappa shape index (κ1) is 15.4. The molecular formula is C17H23N3O. The van der Waals surface area contributed by atoms with Gasteiger partial charge in [0.05, 0.1) is 12.5 Å². The van der Waals surface area contributed by atoms with Crippen molar-refractivity contribution >= 4 is 11.6 Å². The van der Waals surface area contributed by atoms with Gasteiger partial charge in [0.1, 0.15) is 6.04 Å². The molecule has 0 saturated carbocycles. The van der Waals surface area contributed by atoms with Gasteiger partial charge < -0.3 is 10.2 Å². The molecular weight excluding hydrogens is 262 g/mol. The van der Waals surface area contributed by atoms with Crippen LogP contribution in [0.5, 0.6) is 0 Å². The van der Waals surface area contributed by atoms with Gasteiger partial charge in [-0.25, -0.2) is 0 Å². The molecule has 0 bridgehead atoms. The van der Waals surface area contributed by atoms with Crippen molar-refractivity contribution in [3.05, 3.63) is 29.8 Å². The van der Waals surface area contributed by atoms with Gasteiger partial charge in [-0.2, -0.15) is 5.26 Å². The molecule has 0 spiro atoms. The lowest BCUT2D eigenvalue weighted by Gasteiger charge is -2.32. The number of rotatable bonds is 4. The van der Waals surface area contributed by atoms with E-state index in [0.717, 1.165) is 43.1 Å². The van der Waals surface area contributed by atoms with Gasteiger partial charge in [0.2, 0.25) is 5.91 Å². The molecule has 1 heterocycles. The molecule has 4 nitrogen and oxygen atoms in total. The fourth-order valence-corrected chi connectivity index (χ4v) is 2.62. The molecule has 2 rings (SSSR count). The summed E-state index contributed by atoms with van der Waals surface area (Å²) >= 11 is 0. The second-order valence-corrected chi connectivity index (χ2v) is 5.91. The SMILES string of the molecule is CC1CCN(C(=O)C(C)Nc2ccc(CC#N)cc2)CC1. The van der Waals surface area contributed by atoms with Crippen molar-refractivity contribution in [3.63, 3.8) is 0 Å². The number of hydrogen-bond acceptors (Lipinski definition) is 3. The summed E-state index contributed by atoms with van der Waals surface area (Å²) in [6, 6.07) is 9.60. The summed E-state index contributed by atoms with van der Waals surface area (Å²) in [7, 11) is 0. The normalized spacial score (nSPS) is 17.1. The number of piperidine rings is 1. The molecule has 1 saturated heterocycles. The van der Waals surface area contributed by atoms with E-state index < -0.39 is 0 Å². The summed E-state index contributed by atoms with van der Waals surface area (Å²) in [5.41, 5.74) is 1.91. The summed E-state index contributed by atoms with van der Waals surface area (Å²) < 4.78 is 0. The molecule has 4 heteroatoms. The molecule has 1 unspecified atom stereocenters. The number of carbonyl (C=O) groups is 1. The first-order valence-corrected chi connectivity index (χ1v) is 7.61. The van der Waals surface area contributed by atoms with E-state index in [1.165, 1.54) is 0 Å². The van der Waals surface area contributed by atoms with Crippen molar-refractivity contribution in [2.45, 2.75) is 39.2 Å². The average molecular weight is 285 g/mol. The van der Waals surface area contributed by atoms with Gasteiger partial charge in [-0.15, -0.1) is 0 Å². The van der Waals surface area contributed by atoms with Crippen LogP contribution < -0.4 is 5.32 Å². The molecule has 0 aliphatic carbocycles. The zero-order chi connectivity index (χ0) is 15.2. The lowest BCUT2D eigenvalue weighted by molar-refractivity contribution is -0.132. The second kappa shape index (κ2) is 7.12. The standard InChI is InChI=1S/C17H23N3O/c1-13-8-11-20(12-9-13)17(21)14(2)19-16-5-3-15(4-6-16)7-10-18/h3-6,13-14,19H,7-9,11-12H2,1-2H3. The highest BCUT2D eigenvalue weighted by atomic mass is 16.2. The predicted octanol–water partition coefficient (Wildman–Crippen LogP) is 2.81. The van der Waals surface area contributed by atoms with Crippen molar-refractivity contribution in [1.82, 2.24) is 4.90 Å². The Kier molecular flexibility index (Phi) is 5.21. The Morgan fingerprint density at radius 2 is 2.00 bits per heavy atom. The van der Waals surface area contributed by atoms with Crippen molar-refractivity contribution in [2.75, 3.05) is 18.4 Å². The third kappa shape index (κ3) is 4.22. The van der Waals surface area contributed by atoms with Crippen LogP contribution in [-0.4, -0.2) is 29.9 Å². The number of likely N-dealkylation sites (tertiary alicyclic amines) is 1. The van der Waals surface area contributed by atoms with E-state index in [0.29, 0.717) is 6.42 Å². The van der Waals surface area contributed by atoms with E-state index in [1.54, 1.807) is 0 Å². The number of amides is 1. The maximum atomic E-state index is 12.4. The predicted molar refractivity (Wildman–Crippen MR) is 83.8 cm³/mol. The van der Waals surface area contributed by atoms with Gasteiger partial charge in [0, 0.05) is 18.8 Å². The summed E-state index contributed by atoms with van der Waals surface area (Å²) in [4.78, 5) is 14.4. The fourth-order valence-electron chi connectivity index (χ4n) is 2.62. The Labute approximate surface area is 126 Å². The van der Waals surface area contributed by atoms with Crippen LogP contribution in [0.15, 0.2) is 24.3 Å². The minimum absolute atomic E-state index is 0.169. The van der Waals surface area contributed by atoms with Gasteiger partial charge in [-0.1, -0.05) is 19.1 Å². The van der Waals surface area contributed by atoms with Crippen LogP contribution in [0.2, 0.25) is 0 Å². The number of carbonyl (C=O) groups excluding carboxylic acids is 1. The van der Waals surface area contributed by atoms with Gasteiger partial charge in [-0.05, 0) is 43.4 Å². The van der Waals surface area contributed by atoms with Crippen molar-refractivity contribution in [3.8, 4) is 6.07 Å². The van der Waals surface area contributed by atoms with Crippen LogP contribution in [-0.2, 0) is 11.2 Å². The fraction of sp³-hybridized carbons (Fsp3) is 0.529. The number of nitriles is 1. The number of nitrogens with one attached hydrogen (secondary N) is 1. The molecule has 1 fully saturated rings. The lowest BCUT2D eigenvalue weighted by atomic mass is 9.99. The van der Waals surface area contributed by atoms with Crippen LogP contribution in [0.3, 0.4) is 0 Å². The maximum absolute atomic E-state index is 12.4. The van der Waals surface area contributed by atoms with E-state index in [1.807, 2.05) is 36.1 Å². The largest absolute Gasteiger partial charge is 0.374 e. The maximum Gasteiger partial charge on any atom is 0.244 e.